The molecule has 1 amide bonds. The van der Waals surface area contributed by atoms with Gasteiger partial charge in [0.05, 0.1) is 24.0 Å². The van der Waals surface area contributed by atoms with E-state index in [0.29, 0.717) is 5.17 Å². The SMILES string of the molecule is CCN(CC)c1ccc(N2C(=NC(=O)CCC(=O)O)SC3CS(=O)(=O)CC32)cc1. The van der Waals surface area contributed by atoms with Crippen molar-refractivity contribution in [2.75, 3.05) is 34.4 Å². The molecule has 1 N–H and O–H groups in total. The molecule has 0 radical (unpaired) electrons. The minimum Gasteiger partial charge on any atom is -0.481 e. The molecule has 2 fully saturated rings. The van der Waals surface area contributed by atoms with Crippen LogP contribution in [0.25, 0.3) is 0 Å². The monoisotopic (exact) mass is 439 g/mol. The highest BCUT2D eigenvalue weighted by atomic mass is 32.2. The van der Waals surface area contributed by atoms with Crippen LogP contribution in [0, 0.1) is 0 Å². The molecule has 158 valence electrons. The van der Waals surface area contributed by atoms with Gasteiger partial charge in [-0.1, -0.05) is 11.8 Å². The van der Waals surface area contributed by atoms with Crippen LogP contribution in [0.3, 0.4) is 0 Å². The van der Waals surface area contributed by atoms with E-state index in [1.165, 1.54) is 11.8 Å². The van der Waals surface area contributed by atoms with Gasteiger partial charge in [0.25, 0.3) is 0 Å². The van der Waals surface area contributed by atoms with E-state index in [1.807, 2.05) is 29.2 Å². The number of hydrogen-bond donors (Lipinski definition) is 1. The number of aliphatic carboxylic acids is 1. The van der Waals surface area contributed by atoms with Crippen molar-refractivity contribution in [2.24, 2.45) is 4.99 Å². The van der Waals surface area contributed by atoms with E-state index in [0.717, 1.165) is 24.5 Å². The summed E-state index contributed by atoms with van der Waals surface area (Å²) < 4.78 is 24.3. The Morgan fingerprint density at radius 3 is 2.41 bits per heavy atom. The van der Waals surface area contributed by atoms with E-state index in [-0.39, 0.29) is 35.6 Å². The highest BCUT2D eigenvalue weighted by Gasteiger charge is 2.49. The number of rotatable bonds is 7. The normalized spacial score (nSPS) is 23.9. The number of aliphatic imine (C=N–C) groups is 1. The number of nitrogens with zero attached hydrogens (tertiary/aromatic N) is 3. The average Bonchev–Trinajstić information content (AvgIpc) is 3.12. The van der Waals surface area contributed by atoms with Gasteiger partial charge in [0.2, 0.25) is 5.91 Å². The van der Waals surface area contributed by atoms with Crippen LogP contribution in [0.2, 0.25) is 0 Å². The average molecular weight is 440 g/mol. The number of benzene rings is 1. The maximum absolute atomic E-state index is 12.1. The molecule has 1 aromatic carbocycles. The van der Waals surface area contributed by atoms with Crippen molar-refractivity contribution >= 4 is 50.0 Å². The largest absolute Gasteiger partial charge is 0.481 e. The fourth-order valence-electron chi connectivity index (χ4n) is 3.66. The van der Waals surface area contributed by atoms with Gasteiger partial charge in [-0.2, -0.15) is 4.99 Å². The maximum atomic E-state index is 12.1. The topological polar surface area (TPSA) is 107 Å². The molecule has 2 saturated heterocycles. The van der Waals surface area contributed by atoms with Gasteiger partial charge >= 0.3 is 5.97 Å². The zero-order valence-corrected chi connectivity index (χ0v) is 18.1. The first kappa shape index (κ1) is 21.6. The number of carboxylic acids is 1. The van der Waals surface area contributed by atoms with Crippen LogP contribution in [0.4, 0.5) is 11.4 Å². The van der Waals surface area contributed by atoms with Crippen molar-refractivity contribution in [1.29, 1.82) is 0 Å². The number of amidine groups is 1. The smallest absolute Gasteiger partial charge is 0.303 e. The second-order valence-corrected chi connectivity index (χ2v) is 10.4. The number of sulfone groups is 1. The molecule has 8 nitrogen and oxygen atoms in total. The van der Waals surface area contributed by atoms with Gasteiger partial charge in [-0.3, -0.25) is 9.59 Å². The molecule has 2 unspecified atom stereocenters. The van der Waals surface area contributed by atoms with Gasteiger partial charge < -0.3 is 14.9 Å². The molecule has 2 aliphatic rings. The Balaban J connectivity index is 1.90. The van der Waals surface area contributed by atoms with E-state index < -0.39 is 21.7 Å². The summed E-state index contributed by atoms with van der Waals surface area (Å²) in [5.74, 6) is -1.49. The van der Waals surface area contributed by atoms with E-state index in [2.05, 4.69) is 23.7 Å². The highest BCUT2D eigenvalue weighted by Crippen LogP contribution is 2.41. The molecule has 3 rings (SSSR count). The van der Waals surface area contributed by atoms with Crippen LogP contribution in [0.5, 0.6) is 0 Å². The van der Waals surface area contributed by atoms with Gasteiger partial charge in [0.15, 0.2) is 15.0 Å². The lowest BCUT2D eigenvalue weighted by Gasteiger charge is -2.26. The first-order valence-electron chi connectivity index (χ1n) is 9.58. The number of anilines is 2. The standard InChI is InChI=1S/C19H25N3O5S2/c1-3-21(4-2)13-5-7-14(8-6-13)22-15-11-29(26,27)12-16(15)28-19(22)20-17(23)9-10-18(24)25/h5-8,15-16H,3-4,9-12H2,1-2H3,(H,24,25). The lowest BCUT2D eigenvalue weighted by molar-refractivity contribution is -0.138. The van der Waals surface area contributed by atoms with Gasteiger partial charge in [-0.25, -0.2) is 8.42 Å². The number of carbonyl (C=O) groups is 2. The van der Waals surface area contributed by atoms with E-state index in [4.69, 9.17) is 5.11 Å². The number of carbonyl (C=O) groups excluding carboxylic acids is 1. The molecular formula is C19H25N3O5S2. The zero-order valence-electron chi connectivity index (χ0n) is 16.4. The molecule has 1 aromatic rings. The number of amides is 1. The second kappa shape index (κ2) is 8.74. The van der Waals surface area contributed by atoms with Gasteiger partial charge in [-0.05, 0) is 38.1 Å². The summed E-state index contributed by atoms with van der Waals surface area (Å²) in [5, 5.41) is 9.03. The summed E-state index contributed by atoms with van der Waals surface area (Å²) in [7, 11) is -3.14. The number of hydrogen-bond acceptors (Lipinski definition) is 6. The maximum Gasteiger partial charge on any atom is 0.303 e. The molecule has 10 heteroatoms. The first-order chi connectivity index (χ1) is 13.7. The minimum atomic E-state index is -3.14. The Morgan fingerprint density at radius 1 is 1.17 bits per heavy atom. The third-order valence-electron chi connectivity index (χ3n) is 5.10. The fraction of sp³-hybridized carbons (Fsp3) is 0.526. The molecular weight excluding hydrogens is 414 g/mol. The summed E-state index contributed by atoms with van der Waals surface area (Å²) in [5.41, 5.74) is 1.85. The van der Waals surface area contributed by atoms with Crippen molar-refractivity contribution in [1.82, 2.24) is 0 Å². The van der Waals surface area contributed by atoms with E-state index in [9.17, 15) is 18.0 Å². The fourth-order valence-corrected chi connectivity index (χ4v) is 7.59. The molecule has 0 aliphatic carbocycles. The van der Waals surface area contributed by atoms with Gasteiger partial charge in [-0.15, -0.1) is 0 Å². The molecule has 2 atom stereocenters. The lowest BCUT2D eigenvalue weighted by Crippen LogP contribution is -2.37. The van der Waals surface area contributed by atoms with Crippen LogP contribution in [0.15, 0.2) is 29.3 Å². The highest BCUT2D eigenvalue weighted by molar-refractivity contribution is 8.16. The number of thioether (sulfide) groups is 1. The van der Waals surface area contributed by atoms with Crippen molar-refractivity contribution in [3.8, 4) is 0 Å². The van der Waals surface area contributed by atoms with Crippen LogP contribution < -0.4 is 9.80 Å². The number of carboxylic acid groups (broad SMARTS) is 1. The summed E-state index contributed by atoms with van der Waals surface area (Å²) in [6.07, 6.45) is -0.457. The van der Waals surface area contributed by atoms with E-state index >= 15 is 0 Å². The van der Waals surface area contributed by atoms with Gasteiger partial charge in [0, 0.05) is 36.1 Å². The number of fused-ring (bicyclic) bond motifs is 1. The van der Waals surface area contributed by atoms with Crippen LogP contribution in [0.1, 0.15) is 26.7 Å². The molecule has 2 heterocycles. The second-order valence-electron chi connectivity index (χ2n) is 7.04. The lowest BCUT2D eigenvalue weighted by atomic mass is 10.2. The summed E-state index contributed by atoms with van der Waals surface area (Å²) in [4.78, 5) is 31.0. The predicted molar refractivity (Wildman–Crippen MR) is 116 cm³/mol. The van der Waals surface area contributed by atoms with Crippen molar-refractivity contribution in [3.63, 3.8) is 0 Å². The minimum absolute atomic E-state index is 0.0187. The van der Waals surface area contributed by atoms with Crippen molar-refractivity contribution < 1.29 is 23.1 Å². The zero-order chi connectivity index (χ0) is 21.2. The third kappa shape index (κ3) is 4.92. The Kier molecular flexibility index (Phi) is 6.52. The summed E-state index contributed by atoms with van der Waals surface area (Å²) in [6.45, 7) is 5.91. The molecule has 2 aliphatic heterocycles. The van der Waals surface area contributed by atoms with Crippen LogP contribution in [-0.2, 0) is 19.4 Å². The Hall–Kier alpha value is -2.07. The quantitative estimate of drug-likeness (QED) is 0.687. The summed E-state index contributed by atoms with van der Waals surface area (Å²) >= 11 is 1.29. The molecule has 0 spiro atoms. The van der Waals surface area contributed by atoms with Crippen molar-refractivity contribution in [2.45, 2.75) is 38.0 Å². The first-order valence-corrected chi connectivity index (χ1v) is 12.3. The molecule has 0 bridgehead atoms. The third-order valence-corrected chi connectivity index (χ3v) is 8.31. The van der Waals surface area contributed by atoms with Crippen LogP contribution in [-0.4, -0.2) is 66.5 Å². The van der Waals surface area contributed by atoms with E-state index in [1.54, 1.807) is 0 Å². The predicted octanol–water partition coefficient (Wildman–Crippen LogP) is 2.00. The Morgan fingerprint density at radius 2 is 1.83 bits per heavy atom. The van der Waals surface area contributed by atoms with Crippen LogP contribution >= 0.6 is 11.8 Å². The molecule has 29 heavy (non-hydrogen) atoms. The Labute approximate surface area is 174 Å². The summed E-state index contributed by atoms with van der Waals surface area (Å²) in [6, 6.07) is 7.51. The molecule has 0 saturated carbocycles. The Bertz CT molecular complexity index is 910. The molecule has 0 aromatic heterocycles. The van der Waals surface area contributed by atoms with Gasteiger partial charge in [0.1, 0.15) is 0 Å². The van der Waals surface area contributed by atoms with Crippen molar-refractivity contribution in [3.05, 3.63) is 24.3 Å².